The number of hydrogen-bond donors (Lipinski definition) is 0. The summed E-state index contributed by atoms with van der Waals surface area (Å²) >= 11 is 0. The van der Waals surface area contributed by atoms with Gasteiger partial charge in [0.25, 0.3) is 0 Å². The molecule has 0 atom stereocenters. The Kier molecular flexibility index (Phi) is 7.06. The Bertz CT molecular complexity index is 229. The Balaban J connectivity index is 5.44. The lowest BCUT2D eigenvalue weighted by Crippen LogP contribution is -2.82. The molecule has 0 aromatic rings. The van der Waals surface area contributed by atoms with Crippen molar-refractivity contribution in [2.75, 3.05) is 0 Å². The Hall–Kier alpha value is 0.868. The largest absolute Gasteiger partial charge is 0.0718 e. The molecule has 0 nitrogen and oxygen atoms in total. The molecule has 0 saturated heterocycles. The SMILES string of the molecule is CCCCCC[Si]([Si](C)(C)C)([Si](C)(C)C)[Si](C)(C)C. The van der Waals surface area contributed by atoms with E-state index in [0.717, 1.165) is 0 Å². The zero-order valence-corrected chi connectivity index (χ0v) is 19.5. The zero-order chi connectivity index (χ0) is 15.5. The zero-order valence-electron chi connectivity index (χ0n) is 15.5. The molecular formula is C15H40Si4. The highest BCUT2D eigenvalue weighted by molar-refractivity contribution is 7.89. The van der Waals surface area contributed by atoms with Crippen molar-refractivity contribution in [3.05, 3.63) is 0 Å². The van der Waals surface area contributed by atoms with E-state index in [9.17, 15) is 0 Å². The summed E-state index contributed by atoms with van der Waals surface area (Å²) < 4.78 is 0. The second kappa shape index (κ2) is 6.75. The van der Waals surface area contributed by atoms with Crippen molar-refractivity contribution in [3.63, 3.8) is 0 Å². The lowest BCUT2D eigenvalue weighted by molar-refractivity contribution is 0.699. The molecule has 0 saturated carbocycles. The standard InChI is InChI=1S/C15H40Si4/c1-11-12-13-14-15-19(16(2,3)4,17(5,6)7)18(8,9)10/h11-15H2,1-10H3. The summed E-state index contributed by atoms with van der Waals surface area (Å²) in [6.07, 6.45) is 5.86. The molecule has 0 unspecified atom stereocenters. The molecule has 0 aliphatic rings. The predicted molar refractivity (Wildman–Crippen MR) is 105 cm³/mol. The van der Waals surface area contributed by atoms with E-state index in [1.165, 1.54) is 19.3 Å². The molecule has 116 valence electrons. The topological polar surface area (TPSA) is 0 Å². The van der Waals surface area contributed by atoms with E-state index in [1.807, 2.05) is 0 Å². The van der Waals surface area contributed by atoms with Crippen LogP contribution in [0.15, 0.2) is 0 Å². The third-order valence-electron chi connectivity index (χ3n) is 5.25. The summed E-state index contributed by atoms with van der Waals surface area (Å²) in [5, 5.41) is 0. The smallest absolute Gasteiger partial charge is 0.0374 e. The van der Waals surface area contributed by atoms with Gasteiger partial charge in [-0.1, -0.05) is 97.6 Å². The Labute approximate surface area is 127 Å². The maximum atomic E-state index is 2.72. The van der Waals surface area contributed by atoms with E-state index in [-0.39, 0.29) is 0 Å². The van der Waals surface area contributed by atoms with E-state index < -0.39 is 29.4 Å². The minimum Gasteiger partial charge on any atom is -0.0718 e. The summed E-state index contributed by atoms with van der Waals surface area (Å²) in [7, 11) is -3.02. The van der Waals surface area contributed by atoms with Crippen molar-refractivity contribution in [1.29, 1.82) is 0 Å². The van der Waals surface area contributed by atoms with E-state index in [4.69, 9.17) is 0 Å². The van der Waals surface area contributed by atoms with Crippen LogP contribution >= 0.6 is 0 Å². The van der Waals surface area contributed by atoms with Gasteiger partial charge >= 0.3 is 0 Å². The first-order valence-corrected chi connectivity index (χ1v) is 24.0. The highest BCUT2D eigenvalue weighted by atomic mass is 29.9. The van der Waals surface area contributed by atoms with Crippen LogP contribution in [0.4, 0.5) is 0 Å². The predicted octanol–water partition coefficient (Wildman–Crippen LogP) is 6.27. The molecule has 0 N–H and O–H groups in total. The summed E-state index contributed by atoms with van der Waals surface area (Å²) in [5.74, 6) is 0. The highest BCUT2D eigenvalue weighted by Gasteiger charge is 2.60. The van der Waals surface area contributed by atoms with Gasteiger partial charge in [-0.25, -0.2) is 0 Å². The molecule has 0 aromatic carbocycles. The van der Waals surface area contributed by atoms with Crippen LogP contribution in [0, 0.1) is 0 Å². The fraction of sp³-hybridized carbons (Fsp3) is 1.00. The van der Waals surface area contributed by atoms with Gasteiger partial charge in [0.2, 0.25) is 0 Å². The summed E-state index contributed by atoms with van der Waals surface area (Å²) in [6.45, 7) is 25.8. The first kappa shape index (κ1) is 19.9. The minimum absolute atomic E-state index is 1.01. The van der Waals surface area contributed by atoms with Gasteiger partial charge in [0, 0.05) is 29.4 Å². The Morgan fingerprint density at radius 1 is 0.526 bits per heavy atom. The van der Waals surface area contributed by atoms with Crippen LogP contribution < -0.4 is 0 Å². The van der Waals surface area contributed by atoms with Gasteiger partial charge in [-0.05, 0) is 0 Å². The van der Waals surface area contributed by atoms with Crippen LogP contribution in [0.25, 0.3) is 0 Å². The first-order chi connectivity index (χ1) is 8.31. The van der Waals surface area contributed by atoms with Crippen molar-refractivity contribution in [2.45, 2.75) is 97.6 Å². The Morgan fingerprint density at radius 2 is 0.895 bits per heavy atom. The minimum atomic E-state index is -1.03. The fourth-order valence-corrected chi connectivity index (χ4v) is 104. The number of hydrogen-bond acceptors (Lipinski definition) is 0. The van der Waals surface area contributed by atoms with Gasteiger partial charge in [0.15, 0.2) is 0 Å². The normalized spacial score (nSPS) is 14.8. The monoisotopic (exact) mass is 332 g/mol. The van der Waals surface area contributed by atoms with Gasteiger partial charge in [-0.15, -0.1) is 0 Å². The quantitative estimate of drug-likeness (QED) is 0.363. The molecule has 4 heteroatoms. The van der Waals surface area contributed by atoms with Crippen molar-refractivity contribution in [1.82, 2.24) is 0 Å². The van der Waals surface area contributed by atoms with Gasteiger partial charge in [-0.3, -0.25) is 0 Å². The van der Waals surface area contributed by atoms with E-state index in [2.05, 4.69) is 65.8 Å². The lowest BCUT2D eigenvalue weighted by atomic mass is 10.2. The lowest BCUT2D eigenvalue weighted by Gasteiger charge is -2.58. The molecule has 0 aromatic heterocycles. The van der Waals surface area contributed by atoms with Crippen LogP contribution in [0.3, 0.4) is 0 Å². The molecule has 19 heavy (non-hydrogen) atoms. The average Bonchev–Trinajstić information content (AvgIpc) is 2.10. The van der Waals surface area contributed by atoms with Crippen molar-refractivity contribution in [3.8, 4) is 0 Å². The van der Waals surface area contributed by atoms with Crippen LogP contribution in [-0.2, 0) is 0 Å². The molecule has 0 fully saturated rings. The van der Waals surface area contributed by atoms with E-state index in [1.54, 1.807) is 12.5 Å². The number of unbranched alkanes of at least 4 members (excludes halogenated alkanes) is 3. The van der Waals surface area contributed by atoms with Crippen LogP contribution in [0.5, 0.6) is 0 Å². The second-order valence-electron chi connectivity index (χ2n) is 9.47. The van der Waals surface area contributed by atoms with Gasteiger partial charge in [0.1, 0.15) is 0 Å². The first-order valence-electron chi connectivity index (χ1n) is 8.31. The molecule has 0 heterocycles. The van der Waals surface area contributed by atoms with Crippen LogP contribution in [0.2, 0.25) is 65.0 Å². The van der Waals surface area contributed by atoms with Crippen molar-refractivity contribution in [2.24, 2.45) is 0 Å². The van der Waals surface area contributed by atoms with Crippen molar-refractivity contribution < 1.29 is 0 Å². The fourth-order valence-electron chi connectivity index (χ4n) is 5.32. The molecular weight excluding hydrogens is 293 g/mol. The molecule has 0 radical (unpaired) electrons. The third kappa shape index (κ3) is 4.42. The van der Waals surface area contributed by atoms with Crippen LogP contribution in [0.1, 0.15) is 32.6 Å². The van der Waals surface area contributed by atoms with E-state index in [0.29, 0.717) is 0 Å². The maximum Gasteiger partial charge on any atom is 0.0374 e. The second-order valence-corrected chi connectivity index (χ2v) is 51.0. The molecule has 0 aliphatic carbocycles. The summed E-state index contributed by atoms with van der Waals surface area (Å²) in [4.78, 5) is 0. The molecule has 0 spiro atoms. The van der Waals surface area contributed by atoms with Crippen molar-refractivity contribution >= 4 is 29.4 Å². The van der Waals surface area contributed by atoms with Gasteiger partial charge in [-0.2, -0.15) is 0 Å². The third-order valence-corrected chi connectivity index (χ3v) is 79.8. The maximum absolute atomic E-state index is 2.72. The van der Waals surface area contributed by atoms with Crippen LogP contribution in [-0.4, -0.2) is 29.4 Å². The molecule has 0 aliphatic heterocycles. The van der Waals surface area contributed by atoms with Gasteiger partial charge < -0.3 is 0 Å². The Morgan fingerprint density at radius 3 is 1.16 bits per heavy atom. The van der Waals surface area contributed by atoms with E-state index >= 15 is 0 Å². The number of rotatable bonds is 8. The molecule has 0 amide bonds. The average molecular weight is 333 g/mol. The highest BCUT2D eigenvalue weighted by Crippen LogP contribution is 2.41. The summed E-state index contributed by atoms with van der Waals surface area (Å²) in [5.41, 5.74) is 0. The molecule has 0 bridgehead atoms. The molecule has 0 rings (SSSR count). The van der Waals surface area contributed by atoms with Gasteiger partial charge in [0.05, 0.1) is 0 Å². The summed E-state index contributed by atoms with van der Waals surface area (Å²) in [6, 6.07) is 1.67.